The Morgan fingerprint density at radius 3 is 1.08 bits per heavy atom. The van der Waals surface area contributed by atoms with Gasteiger partial charge in [-0.1, -0.05) is 47.0 Å². The van der Waals surface area contributed by atoms with Crippen LogP contribution in [0, 0.1) is 5.41 Å². The van der Waals surface area contributed by atoms with Crippen LogP contribution in [0.5, 0.6) is 0 Å². The molecule has 0 heterocycles. The molecule has 0 saturated heterocycles. The Kier molecular flexibility index (Phi) is 6.51. The van der Waals surface area contributed by atoms with Crippen LogP contribution in [-0.4, -0.2) is 0 Å². The zero-order chi connectivity index (χ0) is 9.45. The van der Waals surface area contributed by atoms with Gasteiger partial charge in [0.1, 0.15) is 0 Å². The van der Waals surface area contributed by atoms with Gasteiger partial charge in [-0.05, 0) is 31.1 Å². The van der Waals surface area contributed by atoms with Gasteiger partial charge in [-0.2, -0.15) is 0 Å². The molecule has 0 bridgehead atoms. The van der Waals surface area contributed by atoms with Gasteiger partial charge in [-0.25, -0.2) is 0 Å². The zero-order valence-electron chi connectivity index (χ0n) is 9.45. The maximum Gasteiger partial charge on any atom is -0.0297 e. The summed E-state index contributed by atoms with van der Waals surface area (Å²) in [6.07, 6.45) is 10.3. The molecule has 0 unspecified atom stereocenters. The van der Waals surface area contributed by atoms with Crippen molar-refractivity contribution in [1.82, 2.24) is 0 Å². The molecule has 0 aromatic rings. The van der Waals surface area contributed by atoms with Crippen molar-refractivity contribution in [2.24, 2.45) is 5.41 Å². The summed E-state index contributed by atoms with van der Waals surface area (Å²) in [4.78, 5) is 0. The van der Waals surface area contributed by atoms with E-state index in [4.69, 9.17) is 0 Å². The van der Waals surface area contributed by atoms with Crippen LogP contribution < -0.4 is 0 Å². The van der Waals surface area contributed by atoms with E-state index >= 15 is 0 Å². The quantitative estimate of drug-likeness (QED) is 0.490. The lowest BCUT2D eigenvalue weighted by Crippen LogP contribution is -2.10. The summed E-state index contributed by atoms with van der Waals surface area (Å²) in [6, 6.07) is 0. The van der Waals surface area contributed by atoms with Crippen LogP contribution in [0.15, 0.2) is 0 Å². The first-order chi connectivity index (χ1) is 5.74. The highest BCUT2D eigenvalue weighted by atomic mass is 14.5. The molecule has 2 rings (SSSR count). The van der Waals surface area contributed by atoms with Gasteiger partial charge in [0.05, 0.1) is 0 Å². The van der Waals surface area contributed by atoms with E-state index in [0.29, 0.717) is 0 Å². The first-order valence-corrected chi connectivity index (χ1v) is 5.74. The molecule has 0 heteroatoms. The minimum absolute atomic E-state index is 0.972. The van der Waals surface area contributed by atoms with Gasteiger partial charge in [0.2, 0.25) is 0 Å². The lowest BCUT2D eigenvalue weighted by Gasteiger charge is -2.23. The van der Waals surface area contributed by atoms with Gasteiger partial charge in [0, 0.05) is 0 Å². The maximum atomic E-state index is 2.12. The fourth-order valence-corrected chi connectivity index (χ4v) is 1.35. The summed E-state index contributed by atoms with van der Waals surface area (Å²) in [6.45, 7) is 8.50. The van der Waals surface area contributed by atoms with Crippen molar-refractivity contribution in [3.05, 3.63) is 0 Å². The minimum Gasteiger partial charge on any atom is -0.0656 e. The molecule has 0 aliphatic heterocycles. The summed E-state index contributed by atoms with van der Waals surface area (Å²) in [5.74, 6) is 0. The molecule has 0 nitrogen and oxygen atoms in total. The second-order valence-corrected chi connectivity index (χ2v) is 4.27. The van der Waals surface area contributed by atoms with Gasteiger partial charge in [0.25, 0.3) is 0 Å². The van der Waals surface area contributed by atoms with Crippen molar-refractivity contribution in [2.45, 2.75) is 72.6 Å². The topological polar surface area (TPSA) is 0 Å². The van der Waals surface area contributed by atoms with E-state index in [1.165, 1.54) is 19.3 Å². The molecule has 0 aromatic heterocycles. The Bertz CT molecular complexity index is 82.2. The molecule has 2 saturated carbocycles. The summed E-state index contributed by atoms with van der Waals surface area (Å²) < 4.78 is 0. The largest absolute Gasteiger partial charge is 0.0656 e. The van der Waals surface area contributed by atoms with Crippen molar-refractivity contribution in [2.75, 3.05) is 0 Å². The summed E-state index contributed by atoms with van der Waals surface area (Å²) in [5, 5.41) is 0. The predicted octanol–water partition coefficient (Wildman–Crippen LogP) is 4.78. The normalized spacial score (nSPS) is 21.0. The van der Waals surface area contributed by atoms with E-state index in [9.17, 15) is 0 Å². The average molecular weight is 170 g/mol. The Morgan fingerprint density at radius 1 is 0.750 bits per heavy atom. The lowest BCUT2D eigenvalue weighted by atomic mass is 9.82. The highest BCUT2D eigenvalue weighted by molar-refractivity contribution is 4.98. The molecule has 0 amide bonds. The Hall–Kier alpha value is 0. The van der Waals surface area contributed by atoms with E-state index in [-0.39, 0.29) is 0 Å². The molecule has 2 fully saturated rings. The van der Waals surface area contributed by atoms with Crippen LogP contribution in [0.2, 0.25) is 0 Å². The summed E-state index contributed by atoms with van der Waals surface area (Å²) >= 11 is 0. The predicted molar refractivity (Wildman–Crippen MR) is 57.4 cm³/mol. The first kappa shape index (κ1) is 12.0. The molecule has 0 atom stereocenters. The van der Waals surface area contributed by atoms with Gasteiger partial charge >= 0.3 is 0 Å². The molecule has 74 valence electrons. The van der Waals surface area contributed by atoms with Crippen LogP contribution in [0.4, 0.5) is 0 Å². The Labute approximate surface area is 78.8 Å². The molecule has 0 radical (unpaired) electrons. The smallest absolute Gasteiger partial charge is 0.0297 e. The van der Waals surface area contributed by atoms with E-state index in [1.807, 2.05) is 0 Å². The molecule has 0 N–H and O–H groups in total. The summed E-state index contributed by atoms with van der Waals surface area (Å²) in [5.41, 5.74) is 0.972. The Morgan fingerprint density at radius 2 is 1.08 bits per heavy atom. The third-order valence-corrected chi connectivity index (χ3v) is 2.37. The standard InChI is InChI=1S/C6H10.2C3H8/c1-2-6(3-1)4-5-6;2*1-3-2/h1-5H2;2*3H2,1-2H3. The van der Waals surface area contributed by atoms with Crippen LogP contribution in [0.1, 0.15) is 72.6 Å². The third-order valence-electron chi connectivity index (χ3n) is 2.37. The van der Waals surface area contributed by atoms with Crippen molar-refractivity contribution in [1.29, 1.82) is 0 Å². The van der Waals surface area contributed by atoms with Gasteiger partial charge in [0.15, 0.2) is 0 Å². The van der Waals surface area contributed by atoms with Crippen LogP contribution >= 0.6 is 0 Å². The van der Waals surface area contributed by atoms with Crippen LogP contribution in [-0.2, 0) is 0 Å². The first-order valence-electron chi connectivity index (χ1n) is 5.74. The van der Waals surface area contributed by atoms with Crippen LogP contribution in [0.3, 0.4) is 0 Å². The van der Waals surface area contributed by atoms with Gasteiger partial charge < -0.3 is 0 Å². The van der Waals surface area contributed by atoms with Crippen molar-refractivity contribution in [3.8, 4) is 0 Å². The highest BCUT2D eigenvalue weighted by Gasteiger charge is 2.46. The lowest BCUT2D eigenvalue weighted by molar-refractivity contribution is 0.289. The second-order valence-electron chi connectivity index (χ2n) is 4.27. The van der Waals surface area contributed by atoms with E-state index < -0.39 is 0 Å². The fourth-order valence-electron chi connectivity index (χ4n) is 1.35. The maximum absolute atomic E-state index is 2.12. The van der Waals surface area contributed by atoms with Gasteiger partial charge in [-0.15, -0.1) is 0 Å². The van der Waals surface area contributed by atoms with E-state index in [0.717, 1.165) is 5.41 Å². The van der Waals surface area contributed by atoms with Crippen LogP contribution in [0.25, 0.3) is 0 Å². The van der Waals surface area contributed by atoms with E-state index in [1.54, 1.807) is 25.7 Å². The number of hydrogen-bond acceptors (Lipinski definition) is 0. The Balaban J connectivity index is 0.000000177. The highest BCUT2D eigenvalue weighted by Crippen LogP contribution is 2.60. The molecule has 0 aromatic carbocycles. The minimum atomic E-state index is 0.972. The fraction of sp³-hybridized carbons (Fsp3) is 1.00. The van der Waals surface area contributed by atoms with Crippen molar-refractivity contribution in [3.63, 3.8) is 0 Å². The molecule has 1 spiro atoms. The molecular weight excluding hydrogens is 144 g/mol. The summed E-state index contributed by atoms with van der Waals surface area (Å²) in [7, 11) is 0. The van der Waals surface area contributed by atoms with Gasteiger partial charge in [-0.3, -0.25) is 0 Å². The van der Waals surface area contributed by atoms with Crippen molar-refractivity contribution >= 4 is 0 Å². The van der Waals surface area contributed by atoms with Crippen molar-refractivity contribution < 1.29 is 0 Å². The number of rotatable bonds is 0. The molecule has 2 aliphatic rings. The second kappa shape index (κ2) is 6.51. The monoisotopic (exact) mass is 170 g/mol. The SMILES string of the molecule is C1CC2(C1)CC2.CCC.CCC. The average Bonchev–Trinajstić information content (AvgIpc) is 2.66. The number of hydrogen-bond donors (Lipinski definition) is 0. The molecule has 12 heavy (non-hydrogen) atoms. The zero-order valence-corrected chi connectivity index (χ0v) is 9.45. The third kappa shape index (κ3) is 4.79. The van der Waals surface area contributed by atoms with E-state index in [2.05, 4.69) is 27.7 Å². The molecular formula is C12H26. The molecule has 2 aliphatic carbocycles.